The third kappa shape index (κ3) is 2.51. The number of benzene rings is 1. The minimum Gasteiger partial charge on any atom is -0.493 e. The molecule has 98 valence electrons. The van der Waals surface area contributed by atoms with Gasteiger partial charge in [-0.15, -0.1) is 11.6 Å². The SMILES string of the molecule is CC1(CCc2ccc3c(c2)CCO3)CCC(Cl)C1. The van der Waals surface area contributed by atoms with Crippen LogP contribution < -0.4 is 4.74 Å². The van der Waals surface area contributed by atoms with Crippen LogP contribution in [0, 0.1) is 5.41 Å². The molecule has 1 heterocycles. The van der Waals surface area contributed by atoms with Gasteiger partial charge in [0.2, 0.25) is 0 Å². The highest BCUT2D eigenvalue weighted by Gasteiger charge is 2.33. The van der Waals surface area contributed by atoms with Crippen molar-refractivity contribution in [3.63, 3.8) is 0 Å². The van der Waals surface area contributed by atoms with E-state index in [1.54, 1.807) is 0 Å². The number of halogens is 1. The molecule has 18 heavy (non-hydrogen) atoms. The zero-order valence-electron chi connectivity index (χ0n) is 11.0. The summed E-state index contributed by atoms with van der Waals surface area (Å²) in [6.45, 7) is 3.25. The molecule has 2 heteroatoms. The van der Waals surface area contributed by atoms with Crippen molar-refractivity contribution in [1.29, 1.82) is 0 Å². The van der Waals surface area contributed by atoms with E-state index in [2.05, 4.69) is 25.1 Å². The van der Waals surface area contributed by atoms with Crippen molar-refractivity contribution in [2.45, 2.75) is 50.8 Å². The van der Waals surface area contributed by atoms with Crippen LogP contribution in [-0.4, -0.2) is 12.0 Å². The van der Waals surface area contributed by atoms with Crippen molar-refractivity contribution in [2.75, 3.05) is 6.61 Å². The lowest BCUT2D eigenvalue weighted by atomic mass is 9.82. The monoisotopic (exact) mass is 264 g/mol. The summed E-state index contributed by atoms with van der Waals surface area (Å²) in [4.78, 5) is 0. The Balaban J connectivity index is 1.63. The first kappa shape index (κ1) is 12.3. The first-order chi connectivity index (χ1) is 8.65. The summed E-state index contributed by atoms with van der Waals surface area (Å²) in [5, 5.41) is 0.406. The van der Waals surface area contributed by atoms with Crippen molar-refractivity contribution >= 4 is 11.6 Å². The van der Waals surface area contributed by atoms with E-state index in [4.69, 9.17) is 16.3 Å². The van der Waals surface area contributed by atoms with Gasteiger partial charge in [-0.3, -0.25) is 0 Å². The summed E-state index contributed by atoms with van der Waals surface area (Å²) in [5.74, 6) is 1.09. The highest BCUT2D eigenvalue weighted by Crippen LogP contribution is 2.43. The van der Waals surface area contributed by atoms with E-state index in [1.807, 2.05) is 0 Å². The molecule has 1 fully saturated rings. The highest BCUT2D eigenvalue weighted by molar-refractivity contribution is 6.20. The molecule has 2 atom stereocenters. The van der Waals surface area contributed by atoms with Gasteiger partial charge in [0.05, 0.1) is 6.61 Å². The van der Waals surface area contributed by atoms with Crippen molar-refractivity contribution in [3.8, 4) is 5.75 Å². The molecule has 1 saturated carbocycles. The molecule has 0 bridgehead atoms. The molecule has 0 spiro atoms. The third-order valence-electron chi connectivity index (χ3n) is 4.55. The second-order valence-electron chi connectivity index (χ2n) is 6.19. The van der Waals surface area contributed by atoms with E-state index in [-0.39, 0.29) is 0 Å². The van der Waals surface area contributed by atoms with E-state index in [0.717, 1.165) is 18.8 Å². The quantitative estimate of drug-likeness (QED) is 0.738. The molecule has 2 unspecified atom stereocenters. The minimum absolute atomic E-state index is 0.406. The van der Waals surface area contributed by atoms with E-state index in [1.165, 1.54) is 43.2 Å². The van der Waals surface area contributed by atoms with Crippen molar-refractivity contribution in [2.24, 2.45) is 5.41 Å². The maximum atomic E-state index is 6.24. The molecule has 1 aliphatic heterocycles. The van der Waals surface area contributed by atoms with Crippen LogP contribution in [0.2, 0.25) is 0 Å². The van der Waals surface area contributed by atoms with E-state index >= 15 is 0 Å². The summed E-state index contributed by atoms with van der Waals surface area (Å²) in [7, 11) is 0. The standard InChI is InChI=1S/C16H21ClO/c1-16(8-5-14(17)11-16)7-4-12-2-3-15-13(10-12)6-9-18-15/h2-3,10,14H,4-9,11H2,1H3. The number of hydrogen-bond donors (Lipinski definition) is 0. The van der Waals surface area contributed by atoms with Gasteiger partial charge in [0.15, 0.2) is 0 Å². The Morgan fingerprint density at radius 2 is 2.33 bits per heavy atom. The fourth-order valence-corrected chi connectivity index (χ4v) is 3.79. The molecule has 0 saturated heterocycles. The van der Waals surface area contributed by atoms with E-state index < -0.39 is 0 Å². The van der Waals surface area contributed by atoms with Gasteiger partial charge in [-0.25, -0.2) is 0 Å². The number of alkyl halides is 1. The molecule has 3 rings (SSSR count). The van der Waals surface area contributed by atoms with Crippen LogP contribution in [0.4, 0.5) is 0 Å². The lowest BCUT2D eigenvalue weighted by Crippen LogP contribution is -2.13. The predicted molar refractivity (Wildman–Crippen MR) is 75.6 cm³/mol. The van der Waals surface area contributed by atoms with Gasteiger partial charge in [-0.1, -0.05) is 19.1 Å². The molecule has 0 aromatic heterocycles. The number of ether oxygens (including phenoxy) is 1. The lowest BCUT2D eigenvalue weighted by molar-refractivity contribution is 0.309. The van der Waals surface area contributed by atoms with Gasteiger partial charge >= 0.3 is 0 Å². The number of aryl methyl sites for hydroxylation is 1. The smallest absolute Gasteiger partial charge is 0.122 e. The zero-order valence-corrected chi connectivity index (χ0v) is 11.8. The van der Waals surface area contributed by atoms with E-state index in [9.17, 15) is 0 Å². The molecule has 1 aliphatic carbocycles. The predicted octanol–water partition coefficient (Wildman–Crippen LogP) is 4.35. The Morgan fingerprint density at radius 1 is 1.44 bits per heavy atom. The summed E-state index contributed by atoms with van der Waals surface area (Å²) in [5.41, 5.74) is 3.31. The molecule has 1 nitrogen and oxygen atoms in total. The largest absolute Gasteiger partial charge is 0.493 e. The first-order valence-electron chi connectivity index (χ1n) is 7.03. The van der Waals surface area contributed by atoms with Crippen LogP contribution >= 0.6 is 11.6 Å². The van der Waals surface area contributed by atoms with E-state index in [0.29, 0.717) is 10.8 Å². The lowest BCUT2D eigenvalue weighted by Gasteiger charge is -2.23. The van der Waals surface area contributed by atoms with Crippen LogP contribution in [0.25, 0.3) is 0 Å². The van der Waals surface area contributed by atoms with Crippen LogP contribution in [0.15, 0.2) is 18.2 Å². The number of fused-ring (bicyclic) bond motifs is 1. The fourth-order valence-electron chi connectivity index (χ4n) is 3.31. The molecule has 0 N–H and O–H groups in total. The number of rotatable bonds is 3. The summed E-state index contributed by atoms with van der Waals surface area (Å²) in [6.07, 6.45) is 7.17. The minimum atomic E-state index is 0.406. The van der Waals surface area contributed by atoms with Crippen LogP contribution in [-0.2, 0) is 12.8 Å². The van der Waals surface area contributed by atoms with Gasteiger partial charge in [-0.2, -0.15) is 0 Å². The molecule has 1 aromatic carbocycles. The Bertz CT molecular complexity index is 443. The van der Waals surface area contributed by atoms with Crippen molar-refractivity contribution in [1.82, 2.24) is 0 Å². The van der Waals surface area contributed by atoms with Crippen LogP contribution in [0.1, 0.15) is 43.7 Å². The maximum absolute atomic E-state index is 6.24. The second kappa shape index (κ2) is 4.77. The van der Waals surface area contributed by atoms with Gasteiger partial charge in [-0.05, 0) is 54.7 Å². The van der Waals surface area contributed by atoms with Gasteiger partial charge < -0.3 is 4.74 Å². The van der Waals surface area contributed by atoms with Crippen molar-refractivity contribution < 1.29 is 4.74 Å². The molecular formula is C16H21ClO. The molecule has 2 aliphatic rings. The first-order valence-corrected chi connectivity index (χ1v) is 7.47. The topological polar surface area (TPSA) is 9.23 Å². The second-order valence-corrected chi connectivity index (χ2v) is 6.81. The Kier molecular flexibility index (Phi) is 3.27. The van der Waals surface area contributed by atoms with Gasteiger partial charge in [0, 0.05) is 11.8 Å². The van der Waals surface area contributed by atoms with Crippen molar-refractivity contribution in [3.05, 3.63) is 29.3 Å². The van der Waals surface area contributed by atoms with Crippen LogP contribution in [0.5, 0.6) is 5.75 Å². The molecule has 0 radical (unpaired) electrons. The molecular weight excluding hydrogens is 244 g/mol. The Morgan fingerprint density at radius 3 is 3.11 bits per heavy atom. The third-order valence-corrected chi connectivity index (χ3v) is 4.92. The number of hydrogen-bond acceptors (Lipinski definition) is 1. The summed E-state index contributed by atoms with van der Waals surface area (Å²) >= 11 is 6.24. The zero-order chi connectivity index (χ0) is 12.6. The average molecular weight is 265 g/mol. The van der Waals surface area contributed by atoms with Crippen LogP contribution in [0.3, 0.4) is 0 Å². The molecule has 0 amide bonds. The average Bonchev–Trinajstić information content (AvgIpc) is 2.93. The Hall–Kier alpha value is -0.690. The van der Waals surface area contributed by atoms with Gasteiger partial charge in [0.25, 0.3) is 0 Å². The van der Waals surface area contributed by atoms with Gasteiger partial charge in [0.1, 0.15) is 5.75 Å². The Labute approximate surface area is 114 Å². The molecule has 1 aromatic rings. The highest BCUT2D eigenvalue weighted by atomic mass is 35.5. The summed E-state index contributed by atoms with van der Waals surface area (Å²) in [6, 6.07) is 6.69. The maximum Gasteiger partial charge on any atom is 0.122 e. The normalized spacial score (nSPS) is 30.2. The summed E-state index contributed by atoms with van der Waals surface area (Å²) < 4.78 is 5.55. The fraction of sp³-hybridized carbons (Fsp3) is 0.625.